The topological polar surface area (TPSA) is 22.1 Å². The third-order valence-corrected chi connectivity index (χ3v) is 5.96. The molecule has 0 saturated carbocycles. The summed E-state index contributed by atoms with van der Waals surface area (Å²) in [6.45, 7) is 11.2. The maximum Gasteiger partial charge on any atom is 0.120 e. The first-order valence-corrected chi connectivity index (χ1v) is 10.9. The fourth-order valence-corrected chi connectivity index (χ4v) is 4.09. The van der Waals surface area contributed by atoms with Crippen molar-refractivity contribution in [1.29, 1.82) is 0 Å². The number of pyridine rings is 1. The van der Waals surface area contributed by atoms with E-state index in [1.54, 1.807) is 0 Å². The van der Waals surface area contributed by atoms with Gasteiger partial charge in [0.25, 0.3) is 0 Å². The number of halogens is 1. The second-order valence-corrected chi connectivity index (χ2v) is 7.85. The molecule has 0 saturated heterocycles. The third-order valence-electron chi connectivity index (χ3n) is 5.59. The smallest absolute Gasteiger partial charge is 0.120 e. The summed E-state index contributed by atoms with van der Waals surface area (Å²) in [5.41, 5.74) is 9.56. The van der Waals surface area contributed by atoms with E-state index in [9.17, 15) is 0 Å². The Kier molecular flexibility index (Phi) is 6.97. The molecular formula is C26H30ClNO. The highest BCUT2D eigenvalue weighted by Gasteiger charge is 2.14. The van der Waals surface area contributed by atoms with Gasteiger partial charge in [-0.2, -0.15) is 0 Å². The Labute approximate surface area is 179 Å². The highest BCUT2D eigenvalue weighted by Crippen LogP contribution is 2.30. The average molecular weight is 408 g/mol. The first kappa shape index (κ1) is 21.4. The molecule has 3 heteroatoms. The number of benzene rings is 2. The summed E-state index contributed by atoms with van der Waals surface area (Å²) in [5, 5.41) is 0.791. The van der Waals surface area contributed by atoms with Crippen molar-refractivity contribution in [3.05, 3.63) is 81.0 Å². The van der Waals surface area contributed by atoms with Crippen LogP contribution in [0, 0.1) is 13.8 Å². The van der Waals surface area contributed by atoms with Crippen LogP contribution < -0.4 is 4.74 Å². The molecule has 0 spiro atoms. The molecule has 0 aliphatic rings. The van der Waals surface area contributed by atoms with E-state index in [-0.39, 0.29) is 0 Å². The van der Waals surface area contributed by atoms with Crippen molar-refractivity contribution in [2.75, 3.05) is 0 Å². The quantitative estimate of drug-likeness (QED) is 0.410. The molecule has 0 amide bonds. The maximum absolute atomic E-state index is 6.22. The van der Waals surface area contributed by atoms with Gasteiger partial charge in [0, 0.05) is 21.8 Å². The number of hydrogen-bond donors (Lipinski definition) is 0. The average Bonchev–Trinajstić information content (AvgIpc) is 2.73. The molecule has 0 bridgehead atoms. The van der Waals surface area contributed by atoms with E-state index >= 15 is 0 Å². The van der Waals surface area contributed by atoms with Crippen molar-refractivity contribution < 1.29 is 4.74 Å². The van der Waals surface area contributed by atoms with Crippen molar-refractivity contribution in [2.45, 2.75) is 60.5 Å². The summed E-state index contributed by atoms with van der Waals surface area (Å²) in [6.07, 6.45) is 2.90. The van der Waals surface area contributed by atoms with E-state index in [2.05, 4.69) is 58.9 Å². The Hall–Kier alpha value is -2.32. The van der Waals surface area contributed by atoms with Crippen molar-refractivity contribution in [1.82, 2.24) is 4.98 Å². The molecule has 152 valence electrons. The standard InChI is InChI=1S/C26H30ClNO/c1-6-19-10-9-11-20(7-2)26(19)25-14-17(4)23(18(5)28-25)16-29-22-12-13-24(27)21(8-3)15-22/h9-15H,6-8,16H2,1-5H3. The molecule has 0 atom stereocenters. The van der Waals surface area contributed by atoms with Crippen LogP contribution in [-0.4, -0.2) is 4.98 Å². The predicted molar refractivity (Wildman–Crippen MR) is 123 cm³/mol. The fourth-order valence-electron chi connectivity index (χ4n) is 3.84. The summed E-state index contributed by atoms with van der Waals surface area (Å²) in [6, 6.07) is 14.6. The molecule has 2 nitrogen and oxygen atoms in total. The van der Waals surface area contributed by atoms with Gasteiger partial charge in [-0.05, 0) is 79.6 Å². The summed E-state index contributed by atoms with van der Waals surface area (Å²) in [4.78, 5) is 4.98. The van der Waals surface area contributed by atoms with Crippen LogP contribution in [0.1, 0.15) is 54.3 Å². The van der Waals surface area contributed by atoms with Crippen LogP contribution >= 0.6 is 11.6 Å². The fraction of sp³-hybridized carbons (Fsp3) is 0.346. The largest absolute Gasteiger partial charge is 0.489 e. The molecule has 3 rings (SSSR count). The van der Waals surface area contributed by atoms with Gasteiger partial charge in [0.15, 0.2) is 0 Å². The lowest BCUT2D eigenvalue weighted by atomic mass is 9.93. The van der Waals surface area contributed by atoms with Crippen molar-refractivity contribution >= 4 is 11.6 Å². The van der Waals surface area contributed by atoms with E-state index < -0.39 is 0 Å². The zero-order chi connectivity index (χ0) is 21.0. The summed E-state index contributed by atoms with van der Waals surface area (Å²) in [7, 11) is 0. The molecule has 0 radical (unpaired) electrons. The van der Waals surface area contributed by atoms with Gasteiger partial charge in [0.2, 0.25) is 0 Å². The van der Waals surface area contributed by atoms with Gasteiger partial charge in [-0.3, -0.25) is 4.98 Å². The van der Waals surface area contributed by atoms with Crippen LogP contribution in [0.3, 0.4) is 0 Å². The van der Waals surface area contributed by atoms with Crippen LogP contribution in [0.5, 0.6) is 5.75 Å². The Morgan fingerprint density at radius 2 is 1.52 bits per heavy atom. The van der Waals surface area contributed by atoms with Crippen LogP contribution in [0.2, 0.25) is 5.02 Å². The normalized spacial score (nSPS) is 11.0. The van der Waals surface area contributed by atoms with Gasteiger partial charge >= 0.3 is 0 Å². The molecule has 1 heterocycles. The SMILES string of the molecule is CCc1cc(OCc2c(C)cc(-c3c(CC)cccc3CC)nc2C)ccc1Cl. The lowest BCUT2D eigenvalue weighted by molar-refractivity contribution is 0.304. The summed E-state index contributed by atoms with van der Waals surface area (Å²) < 4.78 is 6.09. The number of nitrogens with zero attached hydrogens (tertiary/aromatic N) is 1. The highest BCUT2D eigenvalue weighted by molar-refractivity contribution is 6.31. The van der Waals surface area contributed by atoms with Crippen LogP contribution in [0.25, 0.3) is 11.3 Å². The van der Waals surface area contributed by atoms with Gasteiger partial charge < -0.3 is 4.74 Å². The van der Waals surface area contributed by atoms with Gasteiger partial charge in [-0.15, -0.1) is 0 Å². The molecule has 1 aromatic heterocycles. The predicted octanol–water partition coefficient (Wildman–Crippen LogP) is 7.29. The van der Waals surface area contributed by atoms with Crippen molar-refractivity contribution in [3.63, 3.8) is 0 Å². The Bertz CT molecular complexity index is 964. The number of aromatic nitrogens is 1. The van der Waals surface area contributed by atoms with Crippen LogP contribution in [0.15, 0.2) is 42.5 Å². The van der Waals surface area contributed by atoms with E-state index in [0.29, 0.717) is 6.61 Å². The molecule has 0 aliphatic carbocycles. The van der Waals surface area contributed by atoms with Gasteiger partial charge in [0.05, 0.1) is 5.69 Å². The molecule has 0 aliphatic heterocycles. The Morgan fingerprint density at radius 3 is 2.10 bits per heavy atom. The molecule has 0 fully saturated rings. The molecule has 0 N–H and O–H groups in total. The number of aryl methyl sites for hydroxylation is 5. The van der Waals surface area contributed by atoms with Gasteiger partial charge in [-0.25, -0.2) is 0 Å². The maximum atomic E-state index is 6.22. The van der Waals surface area contributed by atoms with E-state index in [4.69, 9.17) is 21.3 Å². The molecular weight excluding hydrogens is 378 g/mol. The van der Waals surface area contributed by atoms with E-state index in [1.165, 1.54) is 22.3 Å². The zero-order valence-electron chi connectivity index (χ0n) is 18.1. The third kappa shape index (κ3) is 4.64. The van der Waals surface area contributed by atoms with Crippen molar-refractivity contribution in [3.8, 4) is 17.0 Å². The molecule has 3 aromatic rings. The highest BCUT2D eigenvalue weighted by atomic mass is 35.5. The number of hydrogen-bond acceptors (Lipinski definition) is 2. The second kappa shape index (κ2) is 9.45. The number of rotatable bonds is 7. The minimum atomic E-state index is 0.506. The molecule has 29 heavy (non-hydrogen) atoms. The Balaban J connectivity index is 1.91. The summed E-state index contributed by atoms with van der Waals surface area (Å²) in [5.74, 6) is 0.846. The minimum Gasteiger partial charge on any atom is -0.489 e. The zero-order valence-corrected chi connectivity index (χ0v) is 18.9. The molecule has 0 unspecified atom stereocenters. The number of ether oxygens (including phenoxy) is 1. The second-order valence-electron chi connectivity index (χ2n) is 7.44. The van der Waals surface area contributed by atoms with Crippen molar-refractivity contribution in [2.24, 2.45) is 0 Å². The van der Waals surface area contributed by atoms with Gasteiger partial charge in [0.1, 0.15) is 12.4 Å². The van der Waals surface area contributed by atoms with Crippen LogP contribution in [-0.2, 0) is 25.9 Å². The first-order chi connectivity index (χ1) is 14.0. The van der Waals surface area contributed by atoms with E-state index in [0.717, 1.165) is 52.5 Å². The van der Waals surface area contributed by atoms with Gasteiger partial charge in [-0.1, -0.05) is 50.6 Å². The Morgan fingerprint density at radius 1 is 0.862 bits per heavy atom. The monoisotopic (exact) mass is 407 g/mol. The lowest BCUT2D eigenvalue weighted by Crippen LogP contribution is -2.05. The minimum absolute atomic E-state index is 0.506. The summed E-state index contributed by atoms with van der Waals surface area (Å²) >= 11 is 6.22. The first-order valence-electron chi connectivity index (χ1n) is 10.5. The lowest BCUT2D eigenvalue weighted by Gasteiger charge is -2.17. The van der Waals surface area contributed by atoms with Crippen LogP contribution in [0.4, 0.5) is 0 Å². The molecule has 2 aromatic carbocycles. The van der Waals surface area contributed by atoms with E-state index in [1.807, 2.05) is 18.2 Å².